The number of carbonyl (C=O) groups excluding carboxylic acids is 2. The molecule has 2 aliphatic heterocycles. The van der Waals surface area contributed by atoms with Gasteiger partial charge in [0.15, 0.2) is 0 Å². The quantitative estimate of drug-likeness (QED) is 0.336. The van der Waals surface area contributed by atoms with Gasteiger partial charge in [0.2, 0.25) is 0 Å². The van der Waals surface area contributed by atoms with E-state index >= 15 is 0 Å². The van der Waals surface area contributed by atoms with Crippen molar-refractivity contribution in [2.24, 2.45) is 0 Å². The Labute approximate surface area is 204 Å². The van der Waals surface area contributed by atoms with Crippen molar-refractivity contribution in [3.05, 3.63) is 59.2 Å². The molecule has 0 spiro atoms. The van der Waals surface area contributed by atoms with Crippen molar-refractivity contribution in [2.45, 2.75) is 12.5 Å². The van der Waals surface area contributed by atoms with Crippen molar-refractivity contribution in [3.8, 4) is 17.2 Å². The lowest BCUT2D eigenvalue weighted by Crippen LogP contribution is -2.39. The van der Waals surface area contributed by atoms with Crippen LogP contribution in [0.4, 0.5) is 0 Å². The van der Waals surface area contributed by atoms with E-state index in [0.717, 1.165) is 19.6 Å². The topological polar surface area (TPSA) is 109 Å². The number of nitrogens with zero attached hydrogens (tertiary/aromatic N) is 2. The molecule has 0 aliphatic carbocycles. The molecule has 2 saturated heterocycles. The lowest BCUT2D eigenvalue weighted by molar-refractivity contribution is -0.140. The number of likely N-dealkylation sites (tertiary alicyclic amines) is 1. The van der Waals surface area contributed by atoms with Crippen molar-refractivity contribution >= 4 is 17.4 Å². The van der Waals surface area contributed by atoms with Gasteiger partial charge in [-0.25, -0.2) is 0 Å². The number of phenols is 1. The SMILES string of the molecule is COc1ccc(C(O)=C2C(=O)C(=O)N(CCCN3CCOCC3)[C@H]2c2ccccc2OC)c(O)c1. The highest BCUT2D eigenvalue weighted by Gasteiger charge is 2.47. The number of hydrogen-bond acceptors (Lipinski definition) is 8. The molecule has 2 aromatic rings. The van der Waals surface area contributed by atoms with Gasteiger partial charge < -0.3 is 29.3 Å². The normalized spacial score (nSPS) is 20.3. The lowest BCUT2D eigenvalue weighted by atomic mass is 9.94. The number of hydrogen-bond donors (Lipinski definition) is 2. The molecule has 2 N–H and O–H groups in total. The summed E-state index contributed by atoms with van der Waals surface area (Å²) in [5.41, 5.74) is 0.526. The van der Waals surface area contributed by atoms with Crippen LogP contribution in [0, 0.1) is 0 Å². The Hall–Kier alpha value is -3.56. The molecule has 0 aromatic heterocycles. The van der Waals surface area contributed by atoms with Crippen LogP contribution in [0.25, 0.3) is 5.76 Å². The summed E-state index contributed by atoms with van der Waals surface area (Å²) in [6.07, 6.45) is 0.645. The number of para-hydroxylation sites is 1. The molecular weight excluding hydrogens is 452 g/mol. The molecule has 4 rings (SSSR count). The number of aliphatic hydroxyl groups excluding tert-OH is 1. The minimum atomic E-state index is -0.864. The molecule has 9 nitrogen and oxygen atoms in total. The van der Waals surface area contributed by atoms with Crippen molar-refractivity contribution in [1.82, 2.24) is 9.80 Å². The number of carbonyl (C=O) groups is 2. The van der Waals surface area contributed by atoms with Gasteiger partial charge in [0.1, 0.15) is 23.0 Å². The number of ether oxygens (including phenoxy) is 3. The summed E-state index contributed by atoms with van der Waals surface area (Å²) in [6.45, 7) is 4.07. The van der Waals surface area contributed by atoms with E-state index in [2.05, 4.69) is 4.90 Å². The lowest BCUT2D eigenvalue weighted by Gasteiger charge is -2.29. The van der Waals surface area contributed by atoms with Gasteiger partial charge in [-0.1, -0.05) is 18.2 Å². The van der Waals surface area contributed by atoms with E-state index in [0.29, 0.717) is 43.2 Å². The van der Waals surface area contributed by atoms with Gasteiger partial charge in [0, 0.05) is 37.8 Å². The standard InChI is InChI=1S/C26H30N2O7/c1-33-17-8-9-18(20(29)16-17)24(30)22-23(19-6-3-4-7-21(19)34-2)28(26(32)25(22)31)11-5-10-27-12-14-35-15-13-27/h3-4,6-9,16,23,29-30H,5,10-15H2,1-2H3/t23-/m0/s1. The molecular formula is C26H30N2O7. The molecule has 0 unspecified atom stereocenters. The first-order chi connectivity index (χ1) is 17.0. The zero-order chi connectivity index (χ0) is 24.9. The monoisotopic (exact) mass is 482 g/mol. The van der Waals surface area contributed by atoms with Gasteiger partial charge in [0.25, 0.3) is 11.7 Å². The number of aromatic hydroxyl groups is 1. The summed E-state index contributed by atoms with van der Waals surface area (Å²) >= 11 is 0. The van der Waals surface area contributed by atoms with Crippen LogP contribution in [0.2, 0.25) is 0 Å². The first-order valence-electron chi connectivity index (χ1n) is 11.5. The Morgan fingerprint density at radius 3 is 2.49 bits per heavy atom. The summed E-state index contributed by atoms with van der Waals surface area (Å²) < 4.78 is 16.0. The van der Waals surface area contributed by atoms with E-state index < -0.39 is 23.5 Å². The van der Waals surface area contributed by atoms with Crippen molar-refractivity contribution in [1.29, 1.82) is 0 Å². The number of amides is 1. The highest BCUT2D eigenvalue weighted by atomic mass is 16.5. The predicted octanol–water partition coefficient (Wildman–Crippen LogP) is 2.55. The average Bonchev–Trinajstić information content (AvgIpc) is 3.13. The van der Waals surface area contributed by atoms with Crippen LogP contribution in [0.5, 0.6) is 17.2 Å². The molecule has 2 aromatic carbocycles. The van der Waals surface area contributed by atoms with Crippen LogP contribution in [-0.4, -0.2) is 85.3 Å². The number of morpholine rings is 1. The molecule has 2 aliphatic rings. The van der Waals surface area contributed by atoms with Gasteiger partial charge in [-0.15, -0.1) is 0 Å². The molecule has 2 heterocycles. The minimum Gasteiger partial charge on any atom is -0.507 e. The largest absolute Gasteiger partial charge is 0.507 e. The second-order valence-electron chi connectivity index (χ2n) is 8.43. The van der Waals surface area contributed by atoms with Gasteiger partial charge in [-0.3, -0.25) is 14.5 Å². The summed E-state index contributed by atoms with van der Waals surface area (Å²) in [7, 11) is 2.97. The molecule has 9 heteroatoms. The fourth-order valence-corrected chi connectivity index (χ4v) is 4.60. The first kappa shape index (κ1) is 24.6. The molecule has 1 amide bonds. The van der Waals surface area contributed by atoms with E-state index in [1.54, 1.807) is 30.3 Å². The van der Waals surface area contributed by atoms with Crippen LogP contribution in [-0.2, 0) is 14.3 Å². The summed E-state index contributed by atoms with van der Waals surface area (Å²) in [6, 6.07) is 10.6. The summed E-state index contributed by atoms with van der Waals surface area (Å²) in [4.78, 5) is 30.1. The Kier molecular flexibility index (Phi) is 7.57. The number of ketones is 1. The maximum atomic E-state index is 13.2. The Balaban J connectivity index is 1.73. The smallest absolute Gasteiger partial charge is 0.295 e. The molecule has 2 fully saturated rings. The van der Waals surface area contributed by atoms with E-state index in [4.69, 9.17) is 14.2 Å². The second kappa shape index (κ2) is 10.8. The molecule has 35 heavy (non-hydrogen) atoms. The minimum absolute atomic E-state index is 0.0389. The number of benzene rings is 2. The predicted molar refractivity (Wildman–Crippen MR) is 129 cm³/mol. The van der Waals surface area contributed by atoms with Crippen molar-refractivity contribution in [3.63, 3.8) is 0 Å². The highest BCUT2D eigenvalue weighted by molar-refractivity contribution is 6.46. The number of Topliss-reactive ketones (excluding diaryl/α,β-unsaturated/α-hetero) is 1. The van der Waals surface area contributed by atoms with Gasteiger partial charge >= 0.3 is 0 Å². The molecule has 0 bridgehead atoms. The Bertz CT molecular complexity index is 1120. The van der Waals surface area contributed by atoms with Crippen LogP contribution < -0.4 is 9.47 Å². The zero-order valence-electron chi connectivity index (χ0n) is 19.9. The third-order valence-corrected chi connectivity index (χ3v) is 6.41. The van der Waals surface area contributed by atoms with E-state index in [9.17, 15) is 19.8 Å². The Morgan fingerprint density at radius 1 is 1.06 bits per heavy atom. The fourth-order valence-electron chi connectivity index (χ4n) is 4.60. The van der Waals surface area contributed by atoms with Crippen LogP contribution in [0.3, 0.4) is 0 Å². The maximum Gasteiger partial charge on any atom is 0.295 e. The summed E-state index contributed by atoms with van der Waals surface area (Å²) in [5.74, 6) is -1.34. The van der Waals surface area contributed by atoms with Gasteiger partial charge in [0.05, 0.1) is 44.6 Å². The summed E-state index contributed by atoms with van der Waals surface area (Å²) in [5, 5.41) is 21.7. The Morgan fingerprint density at radius 2 is 1.80 bits per heavy atom. The zero-order valence-corrected chi connectivity index (χ0v) is 19.9. The number of aliphatic hydroxyl groups is 1. The number of rotatable bonds is 8. The third kappa shape index (κ3) is 4.96. The molecule has 186 valence electrons. The molecule has 0 radical (unpaired) electrons. The molecule has 1 atom stereocenters. The fraction of sp³-hybridized carbons (Fsp3) is 0.385. The van der Waals surface area contributed by atoms with Crippen LogP contribution in [0.1, 0.15) is 23.6 Å². The van der Waals surface area contributed by atoms with E-state index in [-0.39, 0.29) is 16.9 Å². The first-order valence-corrected chi connectivity index (χ1v) is 11.5. The average molecular weight is 483 g/mol. The molecule has 0 saturated carbocycles. The van der Waals surface area contributed by atoms with Crippen LogP contribution >= 0.6 is 0 Å². The van der Waals surface area contributed by atoms with Crippen molar-refractivity contribution < 1.29 is 34.0 Å². The van der Waals surface area contributed by atoms with Gasteiger partial charge in [-0.2, -0.15) is 0 Å². The number of methoxy groups -OCH3 is 2. The van der Waals surface area contributed by atoms with E-state index in [1.165, 1.54) is 31.3 Å². The third-order valence-electron chi connectivity index (χ3n) is 6.41. The van der Waals surface area contributed by atoms with Gasteiger partial charge in [-0.05, 0) is 24.6 Å². The maximum absolute atomic E-state index is 13.2. The van der Waals surface area contributed by atoms with Crippen LogP contribution in [0.15, 0.2) is 48.0 Å². The van der Waals surface area contributed by atoms with Crippen molar-refractivity contribution in [2.75, 3.05) is 53.6 Å². The highest BCUT2D eigenvalue weighted by Crippen LogP contribution is 2.43. The number of phenolic OH excluding ortho intramolecular Hbond substituents is 1. The second-order valence-corrected chi connectivity index (χ2v) is 8.43. The van der Waals surface area contributed by atoms with E-state index in [1.807, 2.05) is 0 Å².